The van der Waals surface area contributed by atoms with Crippen molar-refractivity contribution in [3.05, 3.63) is 29.3 Å². The van der Waals surface area contributed by atoms with Gasteiger partial charge in [-0.1, -0.05) is 12.1 Å². The van der Waals surface area contributed by atoms with Gasteiger partial charge in [0.05, 0.1) is 12.1 Å². The van der Waals surface area contributed by atoms with Gasteiger partial charge in [0.15, 0.2) is 0 Å². The second-order valence-corrected chi connectivity index (χ2v) is 4.66. The van der Waals surface area contributed by atoms with Gasteiger partial charge in [0.2, 0.25) is 5.91 Å². The number of rotatable bonds is 2. The van der Waals surface area contributed by atoms with Gasteiger partial charge < -0.3 is 15.7 Å². The largest absolute Gasteiger partial charge is 0.392 e. The Hall–Kier alpha value is -1.39. The van der Waals surface area contributed by atoms with Gasteiger partial charge in [0, 0.05) is 12.2 Å². The minimum atomic E-state index is -0.413. The molecule has 2 unspecified atom stereocenters. The first-order valence-electron chi connectivity index (χ1n) is 5.86. The number of benzene rings is 1. The summed E-state index contributed by atoms with van der Waals surface area (Å²) in [6.45, 7) is 4.45. The van der Waals surface area contributed by atoms with E-state index in [0.29, 0.717) is 13.0 Å². The van der Waals surface area contributed by atoms with Crippen molar-refractivity contribution >= 4 is 11.6 Å². The normalized spacial score (nSPS) is 23.7. The predicted octanol–water partition coefficient (Wildman–Crippen LogP) is 0.965. The van der Waals surface area contributed by atoms with E-state index < -0.39 is 6.10 Å². The second-order valence-electron chi connectivity index (χ2n) is 4.66. The highest BCUT2D eigenvalue weighted by Gasteiger charge is 2.28. The molecule has 0 bridgehead atoms. The Bertz CT molecular complexity index is 431. The molecular weight excluding hydrogens is 216 g/mol. The van der Waals surface area contributed by atoms with Crippen LogP contribution >= 0.6 is 0 Å². The summed E-state index contributed by atoms with van der Waals surface area (Å²) in [5.74, 6) is -0.0738. The van der Waals surface area contributed by atoms with E-state index >= 15 is 0 Å². The van der Waals surface area contributed by atoms with Gasteiger partial charge in [0.25, 0.3) is 0 Å². The maximum atomic E-state index is 11.9. The number of carbonyl (C=O) groups excluding carboxylic acids is 1. The number of aliphatic hydroxyl groups excluding tert-OH is 1. The zero-order valence-corrected chi connectivity index (χ0v) is 10.2. The average Bonchev–Trinajstić information content (AvgIpc) is 2.70. The number of anilines is 1. The summed E-state index contributed by atoms with van der Waals surface area (Å²) >= 11 is 0. The minimum absolute atomic E-state index is 0.0738. The molecule has 1 amide bonds. The summed E-state index contributed by atoms with van der Waals surface area (Å²) in [4.78, 5) is 11.9. The summed E-state index contributed by atoms with van der Waals surface area (Å²) in [5, 5.41) is 15.3. The van der Waals surface area contributed by atoms with Gasteiger partial charge in [0.1, 0.15) is 0 Å². The summed E-state index contributed by atoms with van der Waals surface area (Å²) in [5.41, 5.74) is 3.01. The Labute approximate surface area is 101 Å². The van der Waals surface area contributed by atoms with Crippen molar-refractivity contribution in [3.63, 3.8) is 0 Å². The molecule has 1 fully saturated rings. The van der Waals surface area contributed by atoms with Crippen molar-refractivity contribution in [1.29, 1.82) is 0 Å². The van der Waals surface area contributed by atoms with Crippen LogP contribution in [-0.4, -0.2) is 29.7 Å². The Balaban J connectivity index is 2.05. The number of β-amino-alcohol motifs (C(OH)–C–C–N with tert-alkyl or cyclic N) is 1. The number of amides is 1. The lowest BCUT2D eigenvalue weighted by molar-refractivity contribution is -0.117. The van der Waals surface area contributed by atoms with Crippen LogP contribution in [0.15, 0.2) is 18.2 Å². The van der Waals surface area contributed by atoms with E-state index in [4.69, 9.17) is 0 Å². The fourth-order valence-corrected chi connectivity index (χ4v) is 2.01. The highest BCUT2D eigenvalue weighted by Crippen LogP contribution is 2.17. The standard InChI is InChI=1S/C13H18N2O2/c1-8-3-4-9(2)11(5-8)15-13(17)12-6-10(16)7-14-12/h3-5,10,12,14,16H,6-7H2,1-2H3,(H,15,17). The van der Waals surface area contributed by atoms with E-state index in [1.54, 1.807) is 0 Å². The molecule has 1 aliphatic rings. The molecule has 0 aromatic heterocycles. The summed E-state index contributed by atoms with van der Waals surface area (Å²) in [6.07, 6.45) is 0.0702. The minimum Gasteiger partial charge on any atom is -0.392 e. The molecule has 92 valence electrons. The Morgan fingerprint density at radius 1 is 1.47 bits per heavy atom. The summed E-state index contributed by atoms with van der Waals surface area (Å²) in [7, 11) is 0. The van der Waals surface area contributed by atoms with Crippen LogP contribution in [0.5, 0.6) is 0 Å². The molecule has 3 N–H and O–H groups in total. The molecular formula is C13H18N2O2. The first-order chi connectivity index (χ1) is 8.06. The molecule has 4 heteroatoms. The molecule has 0 saturated carbocycles. The highest BCUT2D eigenvalue weighted by molar-refractivity contribution is 5.95. The van der Waals surface area contributed by atoms with Crippen molar-refractivity contribution in [2.75, 3.05) is 11.9 Å². The summed E-state index contributed by atoms with van der Waals surface area (Å²) < 4.78 is 0. The monoisotopic (exact) mass is 234 g/mol. The van der Waals surface area contributed by atoms with Crippen molar-refractivity contribution in [3.8, 4) is 0 Å². The third-order valence-corrected chi connectivity index (χ3v) is 3.08. The number of aliphatic hydroxyl groups is 1. The van der Waals surface area contributed by atoms with Gasteiger partial charge in [-0.2, -0.15) is 0 Å². The molecule has 0 radical (unpaired) electrons. The highest BCUT2D eigenvalue weighted by atomic mass is 16.3. The quantitative estimate of drug-likeness (QED) is 0.714. The molecule has 1 heterocycles. The van der Waals surface area contributed by atoms with Crippen LogP contribution in [0.4, 0.5) is 5.69 Å². The van der Waals surface area contributed by atoms with Crippen molar-refractivity contribution in [2.45, 2.75) is 32.4 Å². The molecule has 0 aliphatic carbocycles. The van der Waals surface area contributed by atoms with Crippen LogP contribution in [0.2, 0.25) is 0 Å². The van der Waals surface area contributed by atoms with Crippen molar-refractivity contribution in [2.24, 2.45) is 0 Å². The Kier molecular flexibility index (Phi) is 3.45. The lowest BCUT2D eigenvalue weighted by Gasteiger charge is -2.13. The van der Waals surface area contributed by atoms with E-state index in [2.05, 4.69) is 10.6 Å². The van der Waals surface area contributed by atoms with Gasteiger partial charge in [-0.3, -0.25) is 4.79 Å². The van der Waals surface area contributed by atoms with Crippen molar-refractivity contribution in [1.82, 2.24) is 5.32 Å². The average molecular weight is 234 g/mol. The lowest BCUT2D eigenvalue weighted by Crippen LogP contribution is -2.35. The van der Waals surface area contributed by atoms with Crippen LogP contribution in [0.1, 0.15) is 17.5 Å². The molecule has 1 aromatic carbocycles. The zero-order valence-electron chi connectivity index (χ0n) is 10.2. The van der Waals surface area contributed by atoms with Crippen LogP contribution in [0.3, 0.4) is 0 Å². The maximum Gasteiger partial charge on any atom is 0.241 e. The number of hydrogen-bond acceptors (Lipinski definition) is 3. The third-order valence-electron chi connectivity index (χ3n) is 3.08. The number of aryl methyl sites for hydroxylation is 2. The van der Waals surface area contributed by atoms with Gasteiger partial charge in [-0.05, 0) is 37.5 Å². The molecule has 17 heavy (non-hydrogen) atoms. The molecule has 1 aliphatic heterocycles. The van der Waals surface area contributed by atoms with Crippen molar-refractivity contribution < 1.29 is 9.90 Å². The van der Waals surface area contributed by atoms with Crippen LogP contribution < -0.4 is 10.6 Å². The first kappa shape index (κ1) is 12.1. The molecule has 0 spiro atoms. The second kappa shape index (κ2) is 4.85. The summed E-state index contributed by atoms with van der Waals surface area (Å²) in [6, 6.07) is 5.67. The van der Waals surface area contributed by atoms with E-state index in [9.17, 15) is 9.90 Å². The third kappa shape index (κ3) is 2.84. The Morgan fingerprint density at radius 2 is 2.24 bits per heavy atom. The lowest BCUT2D eigenvalue weighted by atomic mass is 10.1. The van der Waals surface area contributed by atoms with Gasteiger partial charge in [-0.25, -0.2) is 0 Å². The smallest absolute Gasteiger partial charge is 0.241 e. The SMILES string of the molecule is Cc1ccc(C)c(NC(=O)C2CC(O)CN2)c1. The Morgan fingerprint density at radius 3 is 2.88 bits per heavy atom. The van der Waals surface area contributed by atoms with Gasteiger partial charge >= 0.3 is 0 Å². The predicted molar refractivity (Wildman–Crippen MR) is 67.0 cm³/mol. The van der Waals surface area contributed by atoms with E-state index in [1.165, 1.54) is 0 Å². The molecule has 2 rings (SSSR count). The van der Waals surface area contributed by atoms with Gasteiger partial charge in [-0.15, -0.1) is 0 Å². The first-order valence-corrected chi connectivity index (χ1v) is 5.86. The van der Waals surface area contributed by atoms with E-state index in [0.717, 1.165) is 16.8 Å². The van der Waals surface area contributed by atoms with Crippen LogP contribution in [0.25, 0.3) is 0 Å². The van der Waals surface area contributed by atoms with Crippen LogP contribution in [-0.2, 0) is 4.79 Å². The van der Waals surface area contributed by atoms with Crippen LogP contribution in [0, 0.1) is 13.8 Å². The topological polar surface area (TPSA) is 61.4 Å². The maximum absolute atomic E-state index is 11.9. The molecule has 4 nitrogen and oxygen atoms in total. The number of carbonyl (C=O) groups is 1. The molecule has 1 saturated heterocycles. The number of hydrogen-bond donors (Lipinski definition) is 3. The number of nitrogens with one attached hydrogen (secondary N) is 2. The van der Waals surface area contributed by atoms with E-state index in [1.807, 2.05) is 32.0 Å². The molecule has 2 atom stereocenters. The fourth-order valence-electron chi connectivity index (χ4n) is 2.01. The zero-order chi connectivity index (χ0) is 12.4. The molecule has 1 aromatic rings. The van der Waals surface area contributed by atoms with E-state index in [-0.39, 0.29) is 11.9 Å². The fraction of sp³-hybridized carbons (Fsp3) is 0.462.